The van der Waals surface area contributed by atoms with Crippen LogP contribution in [0.5, 0.6) is 0 Å². The number of hydrogen-bond donors (Lipinski definition) is 1. The SMILES string of the molecule is CCNC(Cc1cc(Br)ccc1F)C(CC)CC. The summed E-state index contributed by atoms with van der Waals surface area (Å²) >= 11 is 3.41. The van der Waals surface area contributed by atoms with Gasteiger partial charge < -0.3 is 5.32 Å². The average Bonchev–Trinajstić information content (AvgIpc) is 2.35. The van der Waals surface area contributed by atoms with Crippen molar-refractivity contribution in [2.75, 3.05) is 6.54 Å². The third kappa shape index (κ3) is 4.36. The molecule has 0 saturated heterocycles. The first-order chi connectivity index (χ1) is 8.62. The van der Waals surface area contributed by atoms with Crippen LogP contribution in [0.3, 0.4) is 0 Å². The first-order valence-electron chi connectivity index (χ1n) is 6.79. The molecule has 1 unspecified atom stereocenters. The summed E-state index contributed by atoms with van der Waals surface area (Å²) in [6.45, 7) is 7.44. The number of nitrogens with one attached hydrogen (secondary N) is 1. The first-order valence-corrected chi connectivity index (χ1v) is 7.58. The number of benzene rings is 1. The van der Waals surface area contributed by atoms with Gasteiger partial charge in [0.2, 0.25) is 0 Å². The lowest BCUT2D eigenvalue weighted by molar-refractivity contribution is 0.334. The van der Waals surface area contributed by atoms with E-state index in [0.29, 0.717) is 12.0 Å². The van der Waals surface area contributed by atoms with Gasteiger partial charge in [-0.2, -0.15) is 0 Å². The number of hydrogen-bond acceptors (Lipinski definition) is 1. The Morgan fingerprint density at radius 1 is 1.22 bits per heavy atom. The maximum absolute atomic E-state index is 13.8. The van der Waals surface area contributed by atoms with E-state index in [2.05, 4.69) is 42.0 Å². The first kappa shape index (κ1) is 15.6. The van der Waals surface area contributed by atoms with Crippen LogP contribution in [-0.4, -0.2) is 12.6 Å². The Labute approximate surface area is 118 Å². The van der Waals surface area contributed by atoms with E-state index in [1.807, 2.05) is 6.07 Å². The average molecular weight is 316 g/mol. The zero-order valence-corrected chi connectivity index (χ0v) is 13.1. The highest BCUT2D eigenvalue weighted by Crippen LogP contribution is 2.21. The van der Waals surface area contributed by atoms with E-state index >= 15 is 0 Å². The highest BCUT2D eigenvalue weighted by atomic mass is 79.9. The van der Waals surface area contributed by atoms with Gasteiger partial charge in [-0.05, 0) is 42.6 Å². The van der Waals surface area contributed by atoms with Crippen LogP contribution >= 0.6 is 15.9 Å². The highest BCUT2D eigenvalue weighted by molar-refractivity contribution is 9.10. The third-order valence-corrected chi connectivity index (χ3v) is 4.02. The molecule has 0 bridgehead atoms. The van der Waals surface area contributed by atoms with Crippen molar-refractivity contribution in [3.63, 3.8) is 0 Å². The summed E-state index contributed by atoms with van der Waals surface area (Å²) in [6, 6.07) is 5.53. The van der Waals surface area contributed by atoms with Gasteiger partial charge in [0, 0.05) is 10.5 Å². The zero-order valence-electron chi connectivity index (χ0n) is 11.5. The van der Waals surface area contributed by atoms with Crippen molar-refractivity contribution < 1.29 is 4.39 Å². The van der Waals surface area contributed by atoms with Crippen molar-refractivity contribution in [1.82, 2.24) is 5.32 Å². The molecule has 0 fully saturated rings. The second kappa shape index (κ2) is 7.90. The maximum atomic E-state index is 13.8. The van der Waals surface area contributed by atoms with Gasteiger partial charge in [0.15, 0.2) is 0 Å². The zero-order chi connectivity index (χ0) is 13.5. The molecule has 1 N–H and O–H groups in total. The Morgan fingerprint density at radius 2 is 1.89 bits per heavy atom. The molecule has 1 rings (SSSR count). The lowest BCUT2D eigenvalue weighted by Crippen LogP contribution is -2.37. The minimum atomic E-state index is -0.105. The fourth-order valence-electron chi connectivity index (χ4n) is 2.46. The van der Waals surface area contributed by atoms with Crippen molar-refractivity contribution >= 4 is 15.9 Å². The summed E-state index contributed by atoms with van der Waals surface area (Å²) in [5, 5.41) is 3.50. The molecule has 18 heavy (non-hydrogen) atoms. The van der Waals surface area contributed by atoms with Gasteiger partial charge in [-0.15, -0.1) is 0 Å². The van der Waals surface area contributed by atoms with Gasteiger partial charge in [0.1, 0.15) is 5.82 Å². The topological polar surface area (TPSA) is 12.0 Å². The molecule has 0 aliphatic carbocycles. The van der Waals surface area contributed by atoms with E-state index in [9.17, 15) is 4.39 Å². The molecule has 0 heterocycles. The molecule has 1 atom stereocenters. The second-order valence-electron chi connectivity index (χ2n) is 4.68. The van der Waals surface area contributed by atoms with E-state index < -0.39 is 0 Å². The molecule has 3 heteroatoms. The lowest BCUT2D eigenvalue weighted by Gasteiger charge is -2.26. The van der Waals surface area contributed by atoms with E-state index in [-0.39, 0.29) is 5.82 Å². The van der Waals surface area contributed by atoms with Crippen LogP contribution in [0.15, 0.2) is 22.7 Å². The summed E-state index contributed by atoms with van der Waals surface area (Å²) in [7, 11) is 0. The Morgan fingerprint density at radius 3 is 2.44 bits per heavy atom. The van der Waals surface area contributed by atoms with Crippen molar-refractivity contribution in [1.29, 1.82) is 0 Å². The molecule has 1 aromatic rings. The van der Waals surface area contributed by atoms with E-state index in [1.165, 1.54) is 6.07 Å². The second-order valence-corrected chi connectivity index (χ2v) is 5.60. The molecule has 0 amide bonds. The van der Waals surface area contributed by atoms with Crippen molar-refractivity contribution in [2.24, 2.45) is 5.92 Å². The van der Waals surface area contributed by atoms with Crippen LogP contribution in [0.4, 0.5) is 4.39 Å². The number of rotatable bonds is 7. The van der Waals surface area contributed by atoms with E-state index in [1.54, 1.807) is 6.07 Å². The van der Waals surface area contributed by atoms with Crippen LogP contribution in [-0.2, 0) is 6.42 Å². The van der Waals surface area contributed by atoms with Crippen LogP contribution in [0, 0.1) is 11.7 Å². The smallest absolute Gasteiger partial charge is 0.126 e. The quantitative estimate of drug-likeness (QED) is 0.778. The molecule has 1 aromatic carbocycles. The molecular weight excluding hydrogens is 293 g/mol. The van der Waals surface area contributed by atoms with Gasteiger partial charge in [-0.1, -0.05) is 49.5 Å². The van der Waals surface area contributed by atoms with Gasteiger partial charge in [0.25, 0.3) is 0 Å². The summed E-state index contributed by atoms with van der Waals surface area (Å²) in [5.74, 6) is 0.496. The normalized spacial score (nSPS) is 13.0. The van der Waals surface area contributed by atoms with Crippen LogP contribution in [0.2, 0.25) is 0 Å². The molecule has 0 aliphatic rings. The van der Waals surface area contributed by atoms with E-state index in [4.69, 9.17) is 0 Å². The highest BCUT2D eigenvalue weighted by Gasteiger charge is 2.19. The Bertz CT molecular complexity index is 364. The number of likely N-dealkylation sites (N-methyl/N-ethyl adjacent to an activating group) is 1. The van der Waals surface area contributed by atoms with Gasteiger partial charge in [-0.25, -0.2) is 4.39 Å². The molecule has 0 spiro atoms. The minimum Gasteiger partial charge on any atom is -0.314 e. The van der Waals surface area contributed by atoms with Crippen LogP contribution < -0.4 is 5.32 Å². The van der Waals surface area contributed by atoms with Crippen LogP contribution in [0.1, 0.15) is 39.2 Å². The fourth-order valence-corrected chi connectivity index (χ4v) is 2.87. The monoisotopic (exact) mass is 315 g/mol. The predicted molar refractivity (Wildman–Crippen MR) is 79.3 cm³/mol. The summed E-state index contributed by atoms with van der Waals surface area (Å²) in [4.78, 5) is 0. The molecule has 0 radical (unpaired) electrons. The van der Waals surface area contributed by atoms with Gasteiger partial charge in [0.05, 0.1) is 0 Å². The molecule has 102 valence electrons. The van der Waals surface area contributed by atoms with Gasteiger partial charge >= 0.3 is 0 Å². The largest absolute Gasteiger partial charge is 0.314 e. The summed E-state index contributed by atoms with van der Waals surface area (Å²) < 4.78 is 14.7. The standard InChI is InChI=1S/C15H23BrFN/c1-4-11(5-2)15(18-6-3)10-12-9-13(16)7-8-14(12)17/h7-9,11,15,18H,4-6,10H2,1-3H3. The predicted octanol–water partition coefficient (Wildman–Crippen LogP) is 4.55. The lowest BCUT2D eigenvalue weighted by atomic mass is 9.89. The Balaban J connectivity index is 2.85. The molecule has 0 aliphatic heterocycles. The van der Waals surface area contributed by atoms with Crippen molar-refractivity contribution in [3.05, 3.63) is 34.1 Å². The van der Waals surface area contributed by atoms with Crippen molar-refractivity contribution in [2.45, 2.75) is 46.1 Å². The molecule has 1 nitrogen and oxygen atoms in total. The van der Waals surface area contributed by atoms with Gasteiger partial charge in [-0.3, -0.25) is 0 Å². The minimum absolute atomic E-state index is 0.105. The Hall–Kier alpha value is -0.410. The number of halogens is 2. The molecular formula is C15H23BrFN. The van der Waals surface area contributed by atoms with E-state index in [0.717, 1.165) is 35.8 Å². The molecule has 0 saturated carbocycles. The fraction of sp³-hybridized carbons (Fsp3) is 0.600. The molecule has 0 aromatic heterocycles. The third-order valence-electron chi connectivity index (χ3n) is 3.53. The van der Waals surface area contributed by atoms with Crippen LogP contribution in [0.25, 0.3) is 0 Å². The summed E-state index contributed by atoms with van der Waals surface area (Å²) in [5.41, 5.74) is 0.794. The van der Waals surface area contributed by atoms with Crippen molar-refractivity contribution in [3.8, 4) is 0 Å². The Kier molecular flexibility index (Phi) is 6.87. The maximum Gasteiger partial charge on any atom is 0.126 e. The summed E-state index contributed by atoms with van der Waals surface area (Å²) in [6.07, 6.45) is 3.01.